The largest absolute Gasteiger partial charge is 0.465 e. The summed E-state index contributed by atoms with van der Waals surface area (Å²) in [7, 11) is 1.30. The number of nitrogens with zero attached hydrogens (tertiary/aromatic N) is 2. The third-order valence-electron chi connectivity index (χ3n) is 2.86. The van der Waals surface area contributed by atoms with Crippen molar-refractivity contribution in [2.45, 2.75) is 11.8 Å². The van der Waals surface area contributed by atoms with E-state index < -0.39 is 5.97 Å². The number of nitrogen functional groups attached to an aromatic ring is 1. The first-order valence-corrected chi connectivity index (χ1v) is 7.16. The van der Waals surface area contributed by atoms with Crippen molar-refractivity contribution in [3.8, 4) is 11.4 Å². The standard InChI is InChI=1S/C14H15N3O2S/c1-8-11(14(18)19-2)12(15)17-13(16-8)9-4-6-10(20-3)7-5-9/h4-7H,1-3H3,(H2,15,16,17). The molecule has 0 aliphatic carbocycles. The zero-order valence-electron chi connectivity index (χ0n) is 11.5. The van der Waals surface area contributed by atoms with Crippen molar-refractivity contribution >= 4 is 23.5 Å². The van der Waals surface area contributed by atoms with E-state index in [0.717, 1.165) is 10.5 Å². The Morgan fingerprint density at radius 3 is 2.40 bits per heavy atom. The van der Waals surface area contributed by atoms with Crippen molar-refractivity contribution in [2.75, 3.05) is 19.1 Å². The number of carbonyl (C=O) groups excluding carboxylic acids is 1. The Balaban J connectivity index is 2.46. The van der Waals surface area contributed by atoms with E-state index in [2.05, 4.69) is 14.7 Å². The first-order valence-electron chi connectivity index (χ1n) is 5.93. The molecule has 0 aliphatic rings. The lowest BCUT2D eigenvalue weighted by atomic mass is 10.1. The van der Waals surface area contributed by atoms with E-state index in [-0.39, 0.29) is 11.4 Å². The number of ether oxygens (including phenoxy) is 1. The van der Waals surface area contributed by atoms with Crippen LogP contribution in [-0.2, 0) is 4.74 Å². The van der Waals surface area contributed by atoms with Gasteiger partial charge in [0.1, 0.15) is 11.4 Å². The van der Waals surface area contributed by atoms with E-state index >= 15 is 0 Å². The Hall–Kier alpha value is -2.08. The average molecular weight is 289 g/mol. The molecule has 2 rings (SSSR count). The fourth-order valence-corrected chi connectivity index (χ4v) is 2.23. The smallest absolute Gasteiger partial charge is 0.343 e. The van der Waals surface area contributed by atoms with Crippen molar-refractivity contribution < 1.29 is 9.53 Å². The third-order valence-corrected chi connectivity index (χ3v) is 3.60. The SMILES string of the molecule is COC(=O)c1c(C)nc(-c2ccc(SC)cc2)nc1N. The van der Waals surface area contributed by atoms with Gasteiger partial charge in [-0.3, -0.25) is 0 Å². The molecule has 0 fully saturated rings. The second-order valence-corrected chi connectivity index (χ2v) is 4.99. The molecular weight excluding hydrogens is 274 g/mol. The second kappa shape index (κ2) is 5.92. The molecule has 0 saturated carbocycles. The summed E-state index contributed by atoms with van der Waals surface area (Å²) < 4.78 is 4.67. The maximum atomic E-state index is 11.6. The number of thioether (sulfide) groups is 1. The van der Waals surface area contributed by atoms with Crippen LogP contribution in [0.4, 0.5) is 5.82 Å². The minimum absolute atomic E-state index is 0.133. The zero-order chi connectivity index (χ0) is 14.7. The number of nitrogens with two attached hydrogens (primary N) is 1. The average Bonchev–Trinajstić information content (AvgIpc) is 2.46. The van der Waals surface area contributed by atoms with Crippen LogP contribution in [0.25, 0.3) is 11.4 Å². The van der Waals surface area contributed by atoms with Crippen molar-refractivity contribution in [1.82, 2.24) is 9.97 Å². The Kier molecular flexibility index (Phi) is 4.24. The summed E-state index contributed by atoms with van der Waals surface area (Å²) in [5.41, 5.74) is 7.42. The Labute approximate surface area is 121 Å². The van der Waals surface area contributed by atoms with Gasteiger partial charge in [-0.2, -0.15) is 0 Å². The van der Waals surface area contributed by atoms with Crippen molar-refractivity contribution in [3.63, 3.8) is 0 Å². The van der Waals surface area contributed by atoms with Crippen LogP contribution in [0.15, 0.2) is 29.2 Å². The molecule has 104 valence electrons. The van der Waals surface area contributed by atoms with Crippen LogP contribution in [0, 0.1) is 6.92 Å². The number of hydrogen-bond acceptors (Lipinski definition) is 6. The third kappa shape index (κ3) is 2.75. The van der Waals surface area contributed by atoms with Crippen LogP contribution < -0.4 is 5.73 Å². The molecule has 1 aromatic heterocycles. The highest BCUT2D eigenvalue weighted by Crippen LogP contribution is 2.23. The number of aryl methyl sites for hydroxylation is 1. The van der Waals surface area contributed by atoms with E-state index in [1.807, 2.05) is 30.5 Å². The summed E-state index contributed by atoms with van der Waals surface area (Å²) in [5, 5.41) is 0. The minimum atomic E-state index is -0.524. The highest BCUT2D eigenvalue weighted by Gasteiger charge is 2.17. The van der Waals surface area contributed by atoms with Gasteiger partial charge in [-0.05, 0) is 25.3 Å². The number of methoxy groups -OCH3 is 1. The molecule has 1 heterocycles. The Bertz CT molecular complexity index is 618. The van der Waals surface area contributed by atoms with Crippen LogP contribution in [0.3, 0.4) is 0 Å². The van der Waals surface area contributed by atoms with Gasteiger partial charge in [0, 0.05) is 10.5 Å². The number of rotatable bonds is 3. The normalized spacial score (nSPS) is 10.3. The molecule has 2 N–H and O–H groups in total. The highest BCUT2D eigenvalue weighted by molar-refractivity contribution is 7.98. The number of anilines is 1. The lowest BCUT2D eigenvalue weighted by Gasteiger charge is -2.09. The summed E-state index contributed by atoms with van der Waals surface area (Å²) >= 11 is 1.66. The van der Waals surface area contributed by atoms with E-state index in [9.17, 15) is 4.79 Å². The molecule has 0 unspecified atom stereocenters. The first kappa shape index (κ1) is 14.3. The second-order valence-electron chi connectivity index (χ2n) is 4.11. The number of benzene rings is 1. The van der Waals surface area contributed by atoms with Gasteiger partial charge in [0.05, 0.1) is 12.8 Å². The molecule has 2 aromatic rings. The van der Waals surface area contributed by atoms with Gasteiger partial charge < -0.3 is 10.5 Å². The van der Waals surface area contributed by atoms with Crippen LogP contribution >= 0.6 is 11.8 Å². The predicted octanol–water partition coefficient (Wildman–Crippen LogP) is 2.54. The van der Waals surface area contributed by atoms with Crippen LogP contribution in [-0.4, -0.2) is 29.3 Å². The zero-order valence-corrected chi connectivity index (χ0v) is 12.3. The van der Waals surface area contributed by atoms with Gasteiger partial charge in [-0.15, -0.1) is 11.8 Å². The molecule has 0 atom stereocenters. The fourth-order valence-electron chi connectivity index (χ4n) is 1.82. The Morgan fingerprint density at radius 1 is 1.25 bits per heavy atom. The van der Waals surface area contributed by atoms with Gasteiger partial charge in [0.2, 0.25) is 0 Å². The monoisotopic (exact) mass is 289 g/mol. The van der Waals surface area contributed by atoms with E-state index in [4.69, 9.17) is 5.73 Å². The maximum Gasteiger partial charge on any atom is 0.343 e. The van der Waals surface area contributed by atoms with Crippen molar-refractivity contribution in [3.05, 3.63) is 35.5 Å². The maximum absolute atomic E-state index is 11.6. The van der Waals surface area contributed by atoms with E-state index in [0.29, 0.717) is 11.5 Å². The fraction of sp³-hybridized carbons (Fsp3) is 0.214. The summed E-state index contributed by atoms with van der Waals surface area (Å²) in [6, 6.07) is 7.84. The molecular formula is C14H15N3O2S. The highest BCUT2D eigenvalue weighted by atomic mass is 32.2. The van der Waals surface area contributed by atoms with Gasteiger partial charge in [0.25, 0.3) is 0 Å². The molecule has 0 spiro atoms. The summed E-state index contributed by atoms with van der Waals surface area (Å²) in [5.74, 6) is 0.109. The Morgan fingerprint density at radius 2 is 1.90 bits per heavy atom. The van der Waals surface area contributed by atoms with Crippen LogP contribution in [0.1, 0.15) is 16.1 Å². The lowest BCUT2D eigenvalue weighted by Crippen LogP contribution is -2.12. The minimum Gasteiger partial charge on any atom is -0.465 e. The molecule has 0 radical (unpaired) electrons. The molecule has 0 aliphatic heterocycles. The predicted molar refractivity (Wildman–Crippen MR) is 79.7 cm³/mol. The number of aromatic nitrogens is 2. The van der Waals surface area contributed by atoms with Crippen molar-refractivity contribution in [1.29, 1.82) is 0 Å². The molecule has 1 aromatic carbocycles. The summed E-state index contributed by atoms with van der Waals surface area (Å²) in [6.07, 6.45) is 2.01. The van der Waals surface area contributed by atoms with Gasteiger partial charge in [-0.1, -0.05) is 12.1 Å². The van der Waals surface area contributed by atoms with Gasteiger partial charge in [0.15, 0.2) is 5.82 Å². The summed E-state index contributed by atoms with van der Waals surface area (Å²) in [6.45, 7) is 1.71. The molecule has 0 bridgehead atoms. The van der Waals surface area contributed by atoms with Gasteiger partial charge in [-0.25, -0.2) is 14.8 Å². The molecule has 5 nitrogen and oxygen atoms in total. The van der Waals surface area contributed by atoms with Gasteiger partial charge >= 0.3 is 5.97 Å². The molecule has 6 heteroatoms. The molecule has 20 heavy (non-hydrogen) atoms. The van der Waals surface area contributed by atoms with Crippen molar-refractivity contribution in [2.24, 2.45) is 0 Å². The van der Waals surface area contributed by atoms with Crippen LogP contribution in [0.2, 0.25) is 0 Å². The quantitative estimate of drug-likeness (QED) is 0.691. The number of hydrogen-bond donors (Lipinski definition) is 1. The topological polar surface area (TPSA) is 78.1 Å². The van der Waals surface area contributed by atoms with Crippen LogP contribution in [0.5, 0.6) is 0 Å². The lowest BCUT2D eigenvalue weighted by molar-refractivity contribution is 0.0600. The first-order chi connectivity index (χ1) is 9.56. The molecule has 0 amide bonds. The summed E-state index contributed by atoms with van der Waals surface area (Å²) in [4.78, 5) is 21.3. The van der Waals surface area contributed by atoms with E-state index in [1.54, 1.807) is 18.7 Å². The van der Waals surface area contributed by atoms with E-state index in [1.165, 1.54) is 7.11 Å². The number of esters is 1. The molecule has 0 saturated heterocycles. The number of carbonyl (C=O) groups is 1.